The number of nitrogens with zero attached hydrogens (tertiary/aromatic N) is 1. The van der Waals surface area contributed by atoms with Crippen molar-refractivity contribution in [1.82, 2.24) is 9.97 Å². The number of hydrogen-bond acceptors (Lipinski definition) is 5. The van der Waals surface area contributed by atoms with Gasteiger partial charge in [0, 0.05) is 5.92 Å². The summed E-state index contributed by atoms with van der Waals surface area (Å²) in [6, 6.07) is 0.147. The molecular weight excluding hydrogens is 374 g/mol. The summed E-state index contributed by atoms with van der Waals surface area (Å²) >= 11 is 1.27. The van der Waals surface area contributed by atoms with E-state index in [0.717, 1.165) is 24.2 Å². The lowest BCUT2D eigenvalue weighted by molar-refractivity contribution is -0.940. The Bertz CT molecular complexity index is 935. The number of piperidine rings is 1. The van der Waals surface area contributed by atoms with E-state index in [-0.39, 0.29) is 17.6 Å². The van der Waals surface area contributed by atoms with Gasteiger partial charge in [-0.2, -0.15) is 0 Å². The van der Waals surface area contributed by atoms with Crippen molar-refractivity contribution in [2.24, 2.45) is 11.8 Å². The van der Waals surface area contributed by atoms with Crippen LogP contribution in [0.25, 0.3) is 10.2 Å². The molecule has 152 valence electrons. The van der Waals surface area contributed by atoms with E-state index in [1.165, 1.54) is 54.9 Å². The fraction of sp³-hybridized carbons (Fsp3) is 0.667. The van der Waals surface area contributed by atoms with Crippen LogP contribution < -0.4 is 10.5 Å². The number of aromatic nitrogens is 2. The van der Waals surface area contributed by atoms with Gasteiger partial charge in [0.2, 0.25) is 0 Å². The lowest BCUT2D eigenvalue weighted by atomic mass is 9.75. The lowest BCUT2D eigenvalue weighted by Gasteiger charge is -2.40. The molecule has 2 N–H and O–H groups in total. The van der Waals surface area contributed by atoms with Crippen LogP contribution in [0.5, 0.6) is 0 Å². The third-order valence-electron chi connectivity index (χ3n) is 6.73. The second-order valence-electron chi connectivity index (χ2n) is 8.34. The fourth-order valence-corrected chi connectivity index (χ4v) is 6.17. The molecule has 1 aliphatic carbocycles. The summed E-state index contributed by atoms with van der Waals surface area (Å²) in [5, 5.41) is 0.519. The summed E-state index contributed by atoms with van der Waals surface area (Å²) < 4.78 is 5.13. The van der Waals surface area contributed by atoms with E-state index in [0.29, 0.717) is 27.3 Å². The van der Waals surface area contributed by atoms with Gasteiger partial charge in [0.1, 0.15) is 15.7 Å². The quantitative estimate of drug-likeness (QED) is 0.768. The van der Waals surface area contributed by atoms with Crippen LogP contribution in [0.4, 0.5) is 0 Å². The maximum atomic E-state index is 12.8. The Kier molecular flexibility index (Phi) is 5.56. The number of fused-ring (bicyclic) bond motifs is 2. The number of quaternary nitrogens is 1. The molecule has 28 heavy (non-hydrogen) atoms. The van der Waals surface area contributed by atoms with Gasteiger partial charge in [-0.1, -0.05) is 12.8 Å². The van der Waals surface area contributed by atoms with E-state index < -0.39 is 0 Å². The highest BCUT2D eigenvalue weighted by Gasteiger charge is 2.36. The van der Waals surface area contributed by atoms with Gasteiger partial charge >= 0.3 is 5.97 Å². The van der Waals surface area contributed by atoms with Gasteiger partial charge < -0.3 is 14.6 Å². The van der Waals surface area contributed by atoms with Gasteiger partial charge in [-0.05, 0) is 51.5 Å². The standard InChI is InChI=1S/C21H29N3O3S/c1-4-27-21(26)17-12(2)16-19(25)22-18(23-20(16)28-17)13(3)24-10-9-14-7-5-6-8-15(14)11-24/h13-15H,4-11H2,1-3H3,(H,22,23,25)/p+1/t13-,14-,15+/m0/s1. The molecule has 4 atom stereocenters. The average molecular weight is 405 g/mol. The number of esters is 1. The fourth-order valence-electron chi connectivity index (χ4n) is 5.09. The number of thiophene rings is 1. The van der Waals surface area contributed by atoms with Crippen molar-refractivity contribution in [3.8, 4) is 0 Å². The number of nitrogens with one attached hydrogen (secondary N) is 2. The molecule has 2 aromatic heterocycles. The number of carbonyl (C=O) groups excluding carboxylic acids is 1. The van der Waals surface area contributed by atoms with E-state index in [1.54, 1.807) is 13.8 Å². The number of carbonyl (C=O) groups is 1. The van der Waals surface area contributed by atoms with Crippen molar-refractivity contribution in [3.05, 3.63) is 26.6 Å². The molecule has 2 aliphatic rings. The maximum Gasteiger partial charge on any atom is 0.348 e. The van der Waals surface area contributed by atoms with Crippen molar-refractivity contribution in [2.75, 3.05) is 19.7 Å². The second kappa shape index (κ2) is 7.95. The molecule has 1 aliphatic heterocycles. The van der Waals surface area contributed by atoms with Gasteiger partial charge in [0.15, 0.2) is 5.82 Å². The Morgan fingerprint density at radius 3 is 2.82 bits per heavy atom. The van der Waals surface area contributed by atoms with Crippen molar-refractivity contribution in [2.45, 2.75) is 58.9 Å². The summed E-state index contributed by atoms with van der Waals surface area (Å²) in [6.07, 6.45) is 6.75. The van der Waals surface area contributed by atoms with Crippen LogP contribution in [0.15, 0.2) is 4.79 Å². The van der Waals surface area contributed by atoms with Crippen LogP contribution in [-0.2, 0) is 4.74 Å². The summed E-state index contributed by atoms with van der Waals surface area (Å²) in [5.74, 6) is 2.07. The van der Waals surface area contributed by atoms with E-state index in [2.05, 4.69) is 11.9 Å². The number of aryl methyl sites for hydroxylation is 1. The van der Waals surface area contributed by atoms with Gasteiger partial charge in [0.25, 0.3) is 5.56 Å². The minimum atomic E-state index is -0.373. The number of H-pyrrole nitrogens is 1. The predicted octanol–water partition coefficient (Wildman–Crippen LogP) is 2.63. The molecule has 1 saturated carbocycles. The van der Waals surface area contributed by atoms with Gasteiger partial charge in [-0.25, -0.2) is 9.78 Å². The van der Waals surface area contributed by atoms with Crippen molar-refractivity contribution < 1.29 is 14.4 Å². The molecule has 4 rings (SSSR count). The summed E-state index contributed by atoms with van der Waals surface area (Å²) in [6.45, 7) is 8.37. The first kappa shape index (κ1) is 19.6. The highest BCUT2D eigenvalue weighted by atomic mass is 32.1. The lowest BCUT2D eigenvalue weighted by Crippen LogP contribution is -3.14. The molecule has 2 aromatic rings. The Balaban J connectivity index is 1.62. The number of rotatable bonds is 4. The summed E-state index contributed by atoms with van der Waals surface area (Å²) in [5.41, 5.74) is 0.518. The van der Waals surface area contributed by atoms with E-state index >= 15 is 0 Å². The highest BCUT2D eigenvalue weighted by Crippen LogP contribution is 2.33. The monoisotopic (exact) mass is 404 g/mol. The van der Waals surface area contributed by atoms with Crippen molar-refractivity contribution in [1.29, 1.82) is 0 Å². The third kappa shape index (κ3) is 3.50. The number of likely N-dealkylation sites (tertiary alicyclic amines) is 1. The molecule has 3 heterocycles. The SMILES string of the molecule is CCOC(=O)c1sc2nc([C@H](C)[NH+]3CC[C@@H]4CCCC[C@@H]4C3)[nH]c(=O)c2c1C. The van der Waals surface area contributed by atoms with Crippen LogP contribution in [0.1, 0.15) is 73.1 Å². The maximum absolute atomic E-state index is 12.8. The Labute approximate surface area is 169 Å². The Morgan fingerprint density at radius 2 is 2.07 bits per heavy atom. The van der Waals surface area contributed by atoms with E-state index in [1.807, 2.05) is 0 Å². The molecule has 2 fully saturated rings. The summed E-state index contributed by atoms with van der Waals surface area (Å²) in [7, 11) is 0. The van der Waals surface area contributed by atoms with Crippen LogP contribution >= 0.6 is 11.3 Å². The first-order chi connectivity index (χ1) is 13.5. The van der Waals surface area contributed by atoms with Gasteiger partial charge in [-0.15, -0.1) is 11.3 Å². The van der Waals surface area contributed by atoms with Crippen LogP contribution in [0.3, 0.4) is 0 Å². The average Bonchev–Trinajstić information content (AvgIpc) is 3.04. The third-order valence-corrected chi connectivity index (χ3v) is 7.90. The van der Waals surface area contributed by atoms with E-state index in [4.69, 9.17) is 9.72 Å². The normalized spacial score (nSPS) is 26.0. The zero-order valence-corrected chi connectivity index (χ0v) is 17.8. The Hall–Kier alpha value is -1.73. The predicted molar refractivity (Wildman–Crippen MR) is 110 cm³/mol. The molecule has 1 saturated heterocycles. The first-order valence-electron chi connectivity index (χ1n) is 10.5. The van der Waals surface area contributed by atoms with Crippen LogP contribution in [0, 0.1) is 18.8 Å². The van der Waals surface area contributed by atoms with Gasteiger partial charge in [-0.3, -0.25) is 4.79 Å². The number of hydrogen-bond donors (Lipinski definition) is 2. The molecule has 0 amide bonds. The molecule has 1 unspecified atom stereocenters. The van der Waals surface area contributed by atoms with Gasteiger partial charge in [0.05, 0.1) is 25.1 Å². The highest BCUT2D eigenvalue weighted by molar-refractivity contribution is 7.20. The summed E-state index contributed by atoms with van der Waals surface area (Å²) in [4.78, 5) is 35.4. The number of aromatic amines is 1. The number of ether oxygens (including phenoxy) is 1. The smallest absolute Gasteiger partial charge is 0.348 e. The Morgan fingerprint density at radius 1 is 1.32 bits per heavy atom. The molecule has 0 radical (unpaired) electrons. The molecule has 7 heteroatoms. The molecule has 0 spiro atoms. The van der Waals surface area contributed by atoms with Crippen LogP contribution in [0.2, 0.25) is 0 Å². The topological polar surface area (TPSA) is 76.5 Å². The van der Waals surface area contributed by atoms with Crippen LogP contribution in [-0.4, -0.2) is 35.6 Å². The van der Waals surface area contributed by atoms with Crippen molar-refractivity contribution in [3.63, 3.8) is 0 Å². The largest absolute Gasteiger partial charge is 0.462 e. The minimum absolute atomic E-state index is 0.147. The van der Waals surface area contributed by atoms with Crippen molar-refractivity contribution >= 4 is 27.5 Å². The molecule has 0 aromatic carbocycles. The molecular formula is C21H30N3O3S+. The first-order valence-corrected chi connectivity index (χ1v) is 11.4. The minimum Gasteiger partial charge on any atom is -0.462 e. The molecule has 0 bridgehead atoms. The zero-order valence-electron chi connectivity index (χ0n) is 17.0. The van der Waals surface area contributed by atoms with E-state index in [9.17, 15) is 9.59 Å². The second-order valence-corrected chi connectivity index (χ2v) is 9.33. The molecule has 6 nitrogen and oxygen atoms in total. The zero-order chi connectivity index (χ0) is 19.8.